The molecule has 0 bridgehead atoms. The average molecular weight is 614 g/mol. The number of carboxylic acid groups (broad SMARTS) is 1. The van der Waals surface area contributed by atoms with Gasteiger partial charge in [-0.1, -0.05) is 63.9 Å². The first-order valence-electron chi connectivity index (χ1n) is 14.4. The first-order valence-corrected chi connectivity index (χ1v) is 15.9. The number of amides is 1. The van der Waals surface area contributed by atoms with E-state index in [0.717, 1.165) is 29.7 Å². The van der Waals surface area contributed by atoms with Crippen LogP contribution in [-0.4, -0.2) is 42.7 Å². The van der Waals surface area contributed by atoms with Crippen molar-refractivity contribution >= 4 is 27.7 Å². The van der Waals surface area contributed by atoms with Crippen molar-refractivity contribution in [2.24, 2.45) is 0 Å². The van der Waals surface area contributed by atoms with Gasteiger partial charge in [0, 0.05) is 6.54 Å². The molecule has 2 heterocycles. The number of carbonyl (C=O) groups is 2. The van der Waals surface area contributed by atoms with E-state index in [4.69, 9.17) is 9.15 Å². The fourth-order valence-corrected chi connectivity index (χ4v) is 6.02. The highest BCUT2D eigenvalue weighted by atomic mass is 32.2. The van der Waals surface area contributed by atoms with Crippen LogP contribution in [0.25, 0.3) is 0 Å². The Balaban J connectivity index is 1.98. The molecule has 11 heteroatoms. The third kappa shape index (κ3) is 9.14. The van der Waals surface area contributed by atoms with Crippen molar-refractivity contribution in [3.05, 3.63) is 77.2 Å². The summed E-state index contributed by atoms with van der Waals surface area (Å²) in [6.07, 6.45) is 2.40. The molecule has 0 saturated heterocycles. The van der Waals surface area contributed by atoms with Gasteiger partial charge < -0.3 is 14.3 Å². The van der Waals surface area contributed by atoms with E-state index in [0.29, 0.717) is 5.76 Å². The van der Waals surface area contributed by atoms with E-state index in [9.17, 15) is 23.1 Å². The molecule has 1 atom stereocenters. The summed E-state index contributed by atoms with van der Waals surface area (Å²) in [6, 6.07) is 15.5. The second kappa shape index (κ2) is 13.7. The number of hydrogen-bond donors (Lipinski definition) is 2. The molecule has 1 unspecified atom stereocenters. The molecule has 3 aromatic rings. The summed E-state index contributed by atoms with van der Waals surface area (Å²) in [6.45, 7) is 12.7. The molecule has 0 aliphatic carbocycles. The van der Waals surface area contributed by atoms with Gasteiger partial charge in [-0.05, 0) is 74.9 Å². The van der Waals surface area contributed by atoms with Crippen molar-refractivity contribution < 1.29 is 32.3 Å². The second-order valence-electron chi connectivity index (χ2n) is 12.2. The van der Waals surface area contributed by atoms with Crippen molar-refractivity contribution in [3.8, 4) is 0 Å². The van der Waals surface area contributed by atoms with Gasteiger partial charge in [0.05, 0.1) is 5.69 Å². The lowest BCUT2D eigenvalue weighted by molar-refractivity contribution is -0.135. The fraction of sp³-hybridized carbons (Fsp3) is 0.469. The molecule has 2 N–H and O–H groups in total. The number of benzene rings is 1. The smallest absolute Gasteiger partial charge is 0.416 e. The molecular formula is C32H43N3O7S. The van der Waals surface area contributed by atoms with E-state index in [2.05, 4.69) is 43.2 Å². The Bertz CT molecular complexity index is 1510. The average Bonchev–Trinajstić information content (AvgIpc) is 3.37. The third-order valence-electron chi connectivity index (χ3n) is 6.90. The van der Waals surface area contributed by atoms with Gasteiger partial charge in [-0.2, -0.15) is 0 Å². The molecule has 0 fully saturated rings. The molecule has 0 aliphatic rings. The number of rotatable bonds is 13. The Morgan fingerprint density at radius 3 is 2.28 bits per heavy atom. The van der Waals surface area contributed by atoms with Crippen LogP contribution in [0.3, 0.4) is 0 Å². The van der Waals surface area contributed by atoms with Gasteiger partial charge in [-0.15, -0.1) is 0 Å². The molecule has 1 amide bonds. The van der Waals surface area contributed by atoms with Gasteiger partial charge in [-0.3, -0.25) is 15.0 Å². The Labute approximate surface area is 254 Å². The highest BCUT2D eigenvalue weighted by molar-refractivity contribution is 7.91. The van der Waals surface area contributed by atoms with Crippen molar-refractivity contribution in [1.82, 2.24) is 10.3 Å². The summed E-state index contributed by atoms with van der Waals surface area (Å²) < 4.78 is 38.6. The number of furan rings is 1. The number of hydrogen-bond acceptors (Lipinski definition) is 8. The summed E-state index contributed by atoms with van der Waals surface area (Å²) in [7, 11) is -4.15. The van der Waals surface area contributed by atoms with Crippen molar-refractivity contribution in [1.29, 1.82) is 0 Å². The Morgan fingerprint density at radius 2 is 1.72 bits per heavy atom. The van der Waals surface area contributed by atoms with Gasteiger partial charge in [0.1, 0.15) is 23.7 Å². The van der Waals surface area contributed by atoms with Crippen molar-refractivity contribution in [3.63, 3.8) is 0 Å². The first kappa shape index (κ1) is 33.8. The van der Waals surface area contributed by atoms with Crippen molar-refractivity contribution in [2.75, 3.05) is 11.4 Å². The normalized spacial score (nSPS) is 13.0. The standard InChI is InChI=1S/C32H43N3O7S/c1-8-9-19-32(6,7)24-16-14-23(15-17-24)20-33-29(43(39,40)28-18-13-22(2)41-28)25-11-10-12-26(34-25)35(21-27(36)37)30(38)42-31(3,4)5/h10-18,29,33H,8-9,19-21H2,1-7H3,(H,36,37). The Hall–Kier alpha value is -3.70. The van der Waals surface area contributed by atoms with E-state index in [-0.39, 0.29) is 28.6 Å². The zero-order chi connectivity index (χ0) is 32.0. The summed E-state index contributed by atoms with van der Waals surface area (Å²) >= 11 is 0. The number of aromatic nitrogens is 1. The van der Waals surface area contributed by atoms with Crippen LogP contribution in [0.15, 0.2) is 64.1 Å². The van der Waals surface area contributed by atoms with Gasteiger partial charge in [0.15, 0.2) is 5.37 Å². The van der Waals surface area contributed by atoms with Crippen LogP contribution in [0.2, 0.25) is 0 Å². The largest absolute Gasteiger partial charge is 0.480 e. The number of unbranched alkanes of at least 4 members (excludes halogenated alkanes) is 1. The minimum absolute atomic E-state index is 0.0192. The zero-order valence-corrected chi connectivity index (χ0v) is 26.8. The first-order chi connectivity index (χ1) is 20.0. The third-order valence-corrected chi connectivity index (χ3v) is 8.71. The number of sulfone groups is 1. The quantitative estimate of drug-likeness (QED) is 0.220. The summed E-state index contributed by atoms with van der Waals surface area (Å²) in [5.41, 5.74) is 1.25. The van der Waals surface area contributed by atoms with E-state index in [1.807, 2.05) is 12.1 Å². The van der Waals surface area contributed by atoms with Crippen LogP contribution in [0.1, 0.15) is 88.8 Å². The molecule has 0 saturated carbocycles. The molecule has 2 aromatic heterocycles. The monoisotopic (exact) mass is 613 g/mol. The minimum Gasteiger partial charge on any atom is -0.480 e. The summed E-state index contributed by atoms with van der Waals surface area (Å²) in [5, 5.41) is 11.0. The number of nitrogens with zero attached hydrogens (tertiary/aromatic N) is 2. The molecule has 43 heavy (non-hydrogen) atoms. The molecule has 10 nitrogen and oxygen atoms in total. The molecular weight excluding hydrogens is 570 g/mol. The Kier molecular flexibility index (Phi) is 10.8. The summed E-state index contributed by atoms with van der Waals surface area (Å²) in [5.74, 6) is -0.920. The second-order valence-corrected chi connectivity index (χ2v) is 14.2. The van der Waals surface area contributed by atoms with Gasteiger partial charge in [0.2, 0.25) is 14.9 Å². The molecule has 1 aromatic carbocycles. The number of nitrogens with one attached hydrogen (secondary N) is 1. The number of pyridine rings is 1. The number of carbonyl (C=O) groups excluding carboxylic acids is 1. The van der Waals surface area contributed by atoms with Gasteiger partial charge in [-0.25, -0.2) is 18.2 Å². The van der Waals surface area contributed by atoms with E-state index < -0.39 is 39.4 Å². The highest BCUT2D eigenvalue weighted by Crippen LogP contribution is 2.31. The lowest BCUT2D eigenvalue weighted by Crippen LogP contribution is -2.40. The van der Waals surface area contributed by atoms with Crippen LogP contribution in [0.4, 0.5) is 10.6 Å². The number of aryl methyl sites for hydroxylation is 1. The topological polar surface area (TPSA) is 139 Å². The predicted molar refractivity (Wildman–Crippen MR) is 165 cm³/mol. The molecule has 0 radical (unpaired) electrons. The fourth-order valence-electron chi connectivity index (χ4n) is 4.53. The number of anilines is 1. The molecule has 3 rings (SSSR count). The van der Waals surface area contributed by atoms with Crippen LogP contribution >= 0.6 is 0 Å². The maximum absolute atomic E-state index is 13.8. The van der Waals surface area contributed by atoms with E-state index in [1.165, 1.54) is 29.8 Å². The SMILES string of the molecule is CCCCC(C)(C)c1ccc(CNC(c2cccc(N(CC(=O)O)C(=O)OC(C)(C)C)n2)S(=O)(=O)c2ccc(C)o2)cc1. The molecule has 0 aliphatic heterocycles. The highest BCUT2D eigenvalue weighted by Gasteiger charge is 2.34. The zero-order valence-electron chi connectivity index (χ0n) is 26.0. The van der Waals surface area contributed by atoms with Gasteiger partial charge >= 0.3 is 12.1 Å². The lowest BCUT2D eigenvalue weighted by atomic mass is 9.80. The van der Waals surface area contributed by atoms with Gasteiger partial charge in [0.25, 0.3) is 0 Å². The van der Waals surface area contributed by atoms with E-state index in [1.54, 1.807) is 33.8 Å². The molecule has 0 spiro atoms. The minimum atomic E-state index is -4.15. The number of carboxylic acids is 1. The van der Waals surface area contributed by atoms with E-state index >= 15 is 0 Å². The summed E-state index contributed by atoms with van der Waals surface area (Å²) in [4.78, 5) is 29.8. The van der Waals surface area contributed by atoms with Crippen LogP contribution in [0.5, 0.6) is 0 Å². The van der Waals surface area contributed by atoms with Crippen LogP contribution in [0, 0.1) is 6.92 Å². The van der Waals surface area contributed by atoms with Crippen molar-refractivity contribution in [2.45, 2.75) is 95.8 Å². The Morgan fingerprint density at radius 1 is 1.05 bits per heavy atom. The maximum atomic E-state index is 13.8. The number of ether oxygens (including phenoxy) is 1. The maximum Gasteiger partial charge on any atom is 0.416 e. The molecule has 234 valence electrons. The van der Waals surface area contributed by atoms with Crippen LogP contribution in [-0.2, 0) is 31.3 Å². The number of aliphatic carboxylic acids is 1. The lowest BCUT2D eigenvalue weighted by Gasteiger charge is -2.26. The van der Waals surface area contributed by atoms with Crippen LogP contribution < -0.4 is 10.2 Å². The predicted octanol–water partition coefficient (Wildman–Crippen LogP) is 6.54.